The van der Waals surface area contributed by atoms with Gasteiger partial charge in [0, 0.05) is 18.7 Å². The summed E-state index contributed by atoms with van der Waals surface area (Å²) in [6.07, 6.45) is 2.15. The Bertz CT molecular complexity index is 780. The Balaban J connectivity index is 1.60. The second-order valence-corrected chi connectivity index (χ2v) is 6.25. The zero-order valence-corrected chi connectivity index (χ0v) is 14.0. The van der Waals surface area contributed by atoms with E-state index in [0.29, 0.717) is 23.3 Å². The molecule has 0 bridgehead atoms. The van der Waals surface area contributed by atoms with Gasteiger partial charge < -0.3 is 14.7 Å². The van der Waals surface area contributed by atoms with E-state index in [1.54, 1.807) is 6.07 Å². The minimum atomic E-state index is -0.689. The monoisotopic (exact) mass is 328 g/mol. The van der Waals surface area contributed by atoms with E-state index in [4.69, 9.17) is 4.52 Å². The highest BCUT2D eigenvalue weighted by molar-refractivity contribution is 6.39. The lowest BCUT2D eigenvalue weighted by Crippen LogP contribution is -2.36. The van der Waals surface area contributed by atoms with Gasteiger partial charge in [-0.2, -0.15) is 4.98 Å². The quantitative estimate of drug-likeness (QED) is 0.869. The van der Waals surface area contributed by atoms with E-state index < -0.39 is 11.8 Å². The summed E-state index contributed by atoms with van der Waals surface area (Å²) in [6, 6.07) is 5.62. The fourth-order valence-corrected chi connectivity index (χ4v) is 2.42. The SMILES string of the molecule is Cc1ccc(NC(=O)C(=O)N(C)Cc2nc(C3CC3)no2)c(C)c1. The number of carbonyl (C=O) groups is 2. The first-order chi connectivity index (χ1) is 11.4. The van der Waals surface area contributed by atoms with Crippen molar-refractivity contribution >= 4 is 17.5 Å². The Morgan fingerprint density at radius 2 is 2.08 bits per heavy atom. The fourth-order valence-electron chi connectivity index (χ4n) is 2.42. The van der Waals surface area contributed by atoms with Crippen LogP contribution in [0.25, 0.3) is 0 Å². The van der Waals surface area contributed by atoms with E-state index in [1.807, 2.05) is 26.0 Å². The van der Waals surface area contributed by atoms with Gasteiger partial charge in [-0.3, -0.25) is 9.59 Å². The van der Waals surface area contributed by atoms with Crippen molar-refractivity contribution in [1.82, 2.24) is 15.0 Å². The van der Waals surface area contributed by atoms with Gasteiger partial charge in [-0.05, 0) is 38.3 Å². The molecule has 0 spiro atoms. The number of benzene rings is 1. The van der Waals surface area contributed by atoms with Crippen LogP contribution in [0.3, 0.4) is 0 Å². The highest BCUT2D eigenvalue weighted by atomic mass is 16.5. The van der Waals surface area contributed by atoms with Crippen LogP contribution in [-0.4, -0.2) is 33.9 Å². The summed E-state index contributed by atoms with van der Waals surface area (Å²) in [6.45, 7) is 3.96. The lowest BCUT2D eigenvalue weighted by molar-refractivity contribution is -0.142. The van der Waals surface area contributed by atoms with Crippen LogP contribution in [0.4, 0.5) is 5.69 Å². The van der Waals surface area contributed by atoms with Gasteiger partial charge in [-0.25, -0.2) is 0 Å². The maximum Gasteiger partial charge on any atom is 0.313 e. The molecule has 0 atom stereocenters. The Kier molecular flexibility index (Phi) is 4.33. The van der Waals surface area contributed by atoms with E-state index in [1.165, 1.54) is 11.9 Å². The Labute approximate surface area is 140 Å². The lowest BCUT2D eigenvalue weighted by atomic mass is 10.1. The van der Waals surface area contributed by atoms with Crippen molar-refractivity contribution in [3.05, 3.63) is 41.0 Å². The normalized spacial score (nSPS) is 13.6. The maximum absolute atomic E-state index is 12.2. The fraction of sp³-hybridized carbons (Fsp3) is 0.412. The summed E-state index contributed by atoms with van der Waals surface area (Å²) in [7, 11) is 1.53. The molecule has 2 amide bonds. The van der Waals surface area contributed by atoms with Gasteiger partial charge in [-0.15, -0.1) is 0 Å². The van der Waals surface area contributed by atoms with Gasteiger partial charge in [0.25, 0.3) is 0 Å². The van der Waals surface area contributed by atoms with Crippen LogP contribution in [0.15, 0.2) is 22.7 Å². The summed E-state index contributed by atoms with van der Waals surface area (Å²) in [5.41, 5.74) is 2.63. The molecule has 0 unspecified atom stereocenters. The van der Waals surface area contributed by atoms with Gasteiger partial charge in [-0.1, -0.05) is 22.9 Å². The molecule has 0 radical (unpaired) electrons. The summed E-state index contributed by atoms with van der Waals surface area (Å²) < 4.78 is 5.13. The number of aromatic nitrogens is 2. The molecule has 7 heteroatoms. The van der Waals surface area contributed by atoms with E-state index in [-0.39, 0.29) is 6.54 Å². The van der Waals surface area contributed by atoms with Crippen LogP contribution < -0.4 is 5.32 Å². The Hall–Kier alpha value is -2.70. The number of carbonyl (C=O) groups excluding carboxylic acids is 2. The van der Waals surface area contributed by atoms with Gasteiger partial charge >= 0.3 is 11.8 Å². The number of nitrogens with one attached hydrogen (secondary N) is 1. The number of aryl methyl sites for hydroxylation is 2. The van der Waals surface area contributed by atoms with Gasteiger partial charge in [0.15, 0.2) is 5.82 Å². The largest absolute Gasteiger partial charge is 0.337 e. The van der Waals surface area contributed by atoms with Crippen LogP contribution in [-0.2, 0) is 16.1 Å². The Morgan fingerprint density at radius 1 is 1.33 bits per heavy atom. The molecule has 2 aromatic rings. The first kappa shape index (κ1) is 16.2. The minimum Gasteiger partial charge on any atom is -0.337 e. The molecular formula is C17H20N4O3. The first-order valence-electron chi connectivity index (χ1n) is 7.90. The van der Waals surface area contributed by atoms with E-state index in [0.717, 1.165) is 24.0 Å². The van der Waals surface area contributed by atoms with Crippen molar-refractivity contribution in [3.63, 3.8) is 0 Å². The summed E-state index contributed by atoms with van der Waals surface area (Å²) in [5, 5.41) is 6.54. The van der Waals surface area contributed by atoms with Crippen molar-refractivity contribution in [1.29, 1.82) is 0 Å². The molecule has 3 rings (SSSR count). The molecule has 7 nitrogen and oxygen atoms in total. The molecule has 1 aromatic heterocycles. The predicted molar refractivity (Wildman–Crippen MR) is 87.3 cm³/mol. The molecular weight excluding hydrogens is 308 g/mol. The first-order valence-corrected chi connectivity index (χ1v) is 7.90. The molecule has 1 N–H and O–H groups in total. The molecule has 1 fully saturated rings. The van der Waals surface area contributed by atoms with Crippen LogP contribution >= 0.6 is 0 Å². The summed E-state index contributed by atoms with van der Waals surface area (Å²) in [5.74, 6) is 0.0708. The van der Waals surface area contributed by atoms with Crippen molar-refractivity contribution in [2.24, 2.45) is 0 Å². The molecule has 1 aliphatic rings. The number of rotatable bonds is 4. The van der Waals surface area contributed by atoms with Crippen LogP contribution in [0, 0.1) is 13.8 Å². The van der Waals surface area contributed by atoms with Crippen molar-refractivity contribution in [2.75, 3.05) is 12.4 Å². The maximum atomic E-state index is 12.2. The smallest absolute Gasteiger partial charge is 0.313 e. The highest BCUT2D eigenvalue weighted by Gasteiger charge is 2.29. The minimum absolute atomic E-state index is 0.110. The second kappa shape index (κ2) is 6.43. The van der Waals surface area contributed by atoms with E-state index in [9.17, 15) is 9.59 Å². The zero-order chi connectivity index (χ0) is 17.3. The predicted octanol–water partition coefficient (Wildman–Crippen LogP) is 2.16. The number of likely N-dealkylation sites (N-methyl/N-ethyl adjacent to an activating group) is 1. The standard InChI is InChI=1S/C17H20N4O3/c1-10-4-7-13(11(2)8-10)18-16(22)17(23)21(3)9-14-19-15(20-24-14)12-5-6-12/h4,7-8,12H,5-6,9H2,1-3H3,(H,18,22). The number of amides is 2. The number of hydrogen-bond acceptors (Lipinski definition) is 5. The average molecular weight is 328 g/mol. The van der Waals surface area contributed by atoms with Gasteiger partial charge in [0.05, 0.1) is 0 Å². The topological polar surface area (TPSA) is 88.3 Å². The molecule has 0 saturated heterocycles. The van der Waals surface area contributed by atoms with Crippen LogP contribution in [0.5, 0.6) is 0 Å². The molecule has 1 saturated carbocycles. The molecule has 1 heterocycles. The third kappa shape index (κ3) is 3.61. The molecule has 24 heavy (non-hydrogen) atoms. The summed E-state index contributed by atoms with van der Waals surface area (Å²) in [4.78, 5) is 29.9. The van der Waals surface area contributed by atoms with Gasteiger partial charge in [0.2, 0.25) is 5.89 Å². The highest BCUT2D eigenvalue weighted by Crippen LogP contribution is 2.38. The van der Waals surface area contributed by atoms with Crippen molar-refractivity contribution in [2.45, 2.75) is 39.2 Å². The van der Waals surface area contributed by atoms with Crippen LogP contribution in [0.2, 0.25) is 0 Å². The summed E-state index contributed by atoms with van der Waals surface area (Å²) >= 11 is 0. The molecule has 1 aliphatic carbocycles. The van der Waals surface area contributed by atoms with E-state index >= 15 is 0 Å². The van der Waals surface area contributed by atoms with Gasteiger partial charge in [0.1, 0.15) is 6.54 Å². The third-order valence-electron chi connectivity index (χ3n) is 3.97. The van der Waals surface area contributed by atoms with E-state index in [2.05, 4.69) is 15.5 Å². The number of hydrogen-bond donors (Lipinski definition) is 1. The second-order valence-electron chi connectivity index (χ2n) is 6.25. The molecule has 1 aromatic carbocycles. The van der Waals surface area contributed by atoms with Crippen LogP contribution in [0.1, 0.15) is 41.6 Å². The van der Waals surface area contributed by atoms with Crippen molar-refractivity contribution < 1.29 is 14.1 Å². The number of nitrogens with zero attached hydrogens (tertiary/aromatic N) is 3. The average Bonchev–Trinajstić information content (AvgIpc) is 3.29. The Morgan fingerprint density at radius 3 is 2.75 bits per heavy atom. The molecule has 126 valence electrons. The van der Waals surface area contributed by atoms with Crippen molar-refractivity contribution in [3.8, 4) is 0 Å². The third-order valence-corrected chi connectivity index (χ3v) is 3.97. The lowest BCUT2D eigenvalue weighted by Gasteiger charge is -2.15. The molecule has 0 aliphatic heterocycles. The zero-order valence-electron chi connectivity index (χ0n) is 14.0. The number of anilines is 1.